The molecule has 2 aromatic rings. The minimum Gasteiger partial charge on any atom is -0.493 e. The number of carbonyl (C=O) groups is 1. The zero-order valence-corrected chi connectivity index (χ0v) is 25.8. The van der Waals surface area contributed by atoms with Crippen LogP contribution < -0.4 is 4.74 Å². The van der Waals surface area contributed by atoms with E-state index in [1.165, 1.54) is 17.5 Å². The van der Waals surface area contributed by atoms with E-state index < -0.39 is 6.17 Å². The molecule has 7 heteroatoms. The molecular formula is C34H46ClFN2O3. The van der Waals surface area contributed by atoms with E-state index in [1.54, 1.807) is 31.2 Å². The van der Waals surface area contributed by atoms with Crippen LogP contribution in [0.25, 0.3) is 0 Å². The molecule has 1 amide bonds. The predicted octanol–water partition coefficient (Wildman–Crippen LogP) is 7.25. The Morgan fingerprint density at radius 1 is 1.10 bits per heavy atom. The van der Waals surface area contributed by atoms with E-state index in [-0.39, 0.29) is 24.3 Å². The van der Waals surface area contributed by atoms with Crippen molar-refractivity contribution in [3.8, 4) is 5.75 Å². The average Bonchev–Trinajstić information content (AvgIpc) is 2.95. The van der Waals surface area contributed by atoms with Crippen molar-refractivity contribution in [3.05, 3.63) is 76.3 Å². The van der Waals surface area contributed by atoms with E-state index in [0.29, 0.717) is 42.7 Å². The van der Waals surface area contributed by atoms with E-state index >= 15 is 4.39 Å². The molecule has 5 unspecified atom stereocenters. The maximum absolute atomic E-state index is 15.0. The molecule has 2 heterocycles. The van der Waals surface area contributed by atoms with Crippen LogP contribution in [-0.4, -0.2) is 69.3 Å². The lowest BCUT2D eigenvalue weighted by Gasteiger charge is -2.42. The van der Waals surface area contributed by atoms with Gasteiger partial charge >= 0.3 is 0 Å². The van der Waals surface area contributed by atoms with Crippen LogP contribution in [0.1, 0.15) is 67.8 Å². The largest absolute Gasteiger partial charge is 0.493 e. The molecule has 2 bridgehead atoms. The molecule has 0 spiro atoms. The van der Waals surface area contributed by atoms with Crippen LogP contribution in [0, 0.1) is 11.8 Å². The Kier molecular flexibility index (Phi) is 11.7. The zero-order chi connectivity index (χ0) is 29.4. The first-order chi connectivity index (χ1) is 19.8. The van der Waals surface area contributed by atoms with Gasteiger partial charge in [0.15, 0.2) is 0 Å². The monoisotopic (exact) mass is 584 g/mol. The van der Waals surface area contributed by atoms with Crippen molar-refractivity contribution in [1.29, 1.82) is 0 Å². The molecule has 0 saturated heterocycles. The Labute approximate surface area is 250 Å². The van der Waals surface area contributed by atoms with Crippen LogP contribution in [0.15, 0.2) is 54.6 Å². The normalized spacial score (nSPS) is 27.8. The molecular weight excluding hydrogens is 539 g/mol. The summed E-state index contributed by atoms with van der Waals surface area (Å²) >= 11 is 6.40. The number of hydrogen-bond donors (Lipinski definition) is 0. The van der Waals surface area contributed by atoms with Crippen LogP contribution in [0.2, 0.25) is 5.02 Å². The summed E-state index contributed by atoms with van der Waals surface area (Å²) in [6.07, 6.45) is 7.84. The van der Waals surface area contributed by atoms with E-state index in [2.05, 4.69) is 43.2 Å². The van der Waals surface area contributed by atoms with Crippen LogP contribution in [-0.2, 0) is 16.0 Å². The predicted molar refractivity (Wildman–Crippen MR) is 164 cm³/mol. The van der Waals surface area contributed by atoms with Gasteiger partial charge in [0, 0.05) is 44.7 Å². The maximum Gasteiger partial charge on any atom is 0.225 e. The molecule has 0 radical (unpaired) electrons. The number of aryl methyl sites for hydroxylation is 1. The molecule has 3 aliphatic rings. The lowest BCUT2D eigenvalue weighted by Crippen LogP contribution is -2.43. The highest BCUT2D eigenvalue weighted by atomic mass is 35.5. The van der Waals surface area contributed by atoms with Crippen molar-refractivity contribution in [3.63, 3.8) is 0 Å². The number of fused-ring (bicyclic) bond motifs is 14. The lowest BCUT2D eigenvalue weighted by atomic mass is 9.70. The fourth-order valence-corrected chi connectivity index (χ4v) is 6.42. The summed E-state index contributed by atoms with van der Waals surface area (Å²) in [5.74, 6) is 1.67. The second kappa shape index (κ2) is 15.2. The van der Waals surface area contributed by atoms with Gasteiger partial charge in [0.2, 0.25) is 5.91 Å². The van der Waals surface area contributed by atoms with E-state index in [9.17, 15) is 4.79 Å². The summed E-state index contributed by atoms with van der Waals surface area (Å²) in [6.45, 7) is 5.09. The SMILES string of the molecule is CCCc1cc(Cl)ccc1C1COc2ccc(cc2)C(F)CC(=O)N(C)CC/C=C/C(OC)C2CCC2CN(C)C1. The first kappa shape index (κ1) is 31.5. The Morgan fingerprint density at radius 3 is 2.56 bits per heavy atom. The highest BCUT2D eigenvalue weighted by molar-refractivity contribution is 6.30. The van der Waals surface area contributed by atoms with Gasteiger partial charge < -0.3 is 19.3 Å². The number of alkyl halides is 1. The number of methoxy groups -OCH3 is 1. The van der Waals surface area contributed by atoms with Gasteiger partial charge in [-0.2, -0.15) is 0 Å². The third kappa shape index (κ3) is 8.56. The summed E-state index contributed by atoms with van der Waals surface area (Å²) in [5.41, 5.74) is 3.03. The number of carbonyl (C=O) groups excluding carboxylic acids is 1. The van der Waals surface area contributed by atoms with Crippen molar-refractivity contribution in [2.24, 2.45) is 11.8 Å². The summed E-state index contributed by atoms with van der Waals surface area (Å²) < 4.78 is 27.3. The Morgan fingerprint density at radius 2 is 1.88 bits per heavy atom. The fraction of sp³-hybridized carbons (Fsp3) is 0.559. The highest BCUT2D eigenvalue weighted by Crippen LogP contribution is 2.39. The third-order valence-electron chi connectivity index (χ3n) is 8.74. The molecule has 2 aromatic carbocycles. The summed E-state index contributed by atoms with van der Waals surface area (Å²) in [5, 5.41) is 0.756. The van der Waals surface area contributed by atoms with E-state index in [0.717, 1.165) is 37.4 Å². The number of amides is 1. The third-order valence-corrected chi connectivity index (χ3v) is 8.98. The number of halogens is 2. The van der Waals surface area contributed by atoms with Gasteiger partial charge in [-0.15, -0.1) is 0 Å². The van der Waals surface area contributed by atoms with Gasteiger partial charge in [0.25, 0.3) is 0 Å². The van der Waals surface area contributed by atoms with Gasteiger partial charge in [-0.3, -0.25) is 4.79 Å². The van der Waals surface area contributed by atoms with Gasteiger partial charge in [0.1, 0.15) is 11.9 Å². The van der Waals surface area contributed by atoms with Crippen LogP contribution in [0.5, 0.6) is 5.75 Å². The molecule has 5 rings (SSSR count). The first-order valence-electron chi connectivity index (χ1n) is 15.1. The minimum atomic E-state index is -1.36. The lowest BCUT2D eigenvalue weighted by molar-refractivity contribution is -0.131. The van der Waals surface area contributed by atoms with E-state index in [1.807, 2.05) is 18.2 Å². The number of benzene rings is 2. The summed E-state index contributed by atoms with van der Waals surface area (Å²) in [6, 6.07) is 13.3. The minimum absolute atomic E-state index is 0.0552. The van der Waals surface area contributed by atoms with Crippen molar-refractivity contribution in [2.75, 3.05) is 47.4 Å². The first-order valence-corrected chi connectivity index (χ1v) is 15.4. The Bertz CT molecular complexity index is 1160. The van der Waals surface area contributed by atoms with Crippen LogP contribution >= 0.6 is 11.6 Å². The molecule has 5 atom stereocenters. The fourth-order valence-electron chi connectivity index (χ4n) is 6.22. The molecule has 224 valence electrons. The second-order valence-electron chi connectivity index (χ2n) is 11.8. The number of nitrogens with zero attached hydrogens (tertiary/aromatic N) is 2. The van der Waals surface area contributed by atoms with Gasteiger partial charge in [-0.1, -0.05) is 55.3 Å². The maximum atomic E-state index is 15.0. The molecule has 41 heavy (non-hydrogen) atoms. The average molecular weight is 585 g/mol. The Balaban J connectivity index is 1.59. The van der Waals surface area contributed by atoms with Crippen molar-refractivity contribution >= 4 is 17.5 Å². The summed E-state index contributed by atoms with van der Waals surface area (Å²) in [7, 11) is 5.72. The highest BCUT2D eigenvalue weighted by Gasteiger charge is 2.37. The quantitative estimate of drug-likeness (QED) is 0.355. The van der Waals surface area contributed by atoms with Crippen molar-refractivity contribution in [2.45, 2.75) is 63.6 Å². The molecule has 5 nitrogen and oxygen atoms in total. The molecule has 2 aliphatic heterocycles. The molecule has 0 aromatic heterocycles. The molecule has 1 saturated carbocycles. The number of ether oxygens (including phenoxy) is 2. The number of hydrogen-bond acceptors (Lipinski definition) is 4. The molecule has 1 fully saturated rings. The number of rotatable bonds is 4. The number of likely N-dealkylation sites (N-methyl/N-ethyl adjacent to an activating group) is 1. The van der Waals surface area contributed by atoms with Crippen molar-refractivity contribution < 1.29 is 18.7 Å². The van der Waals surface area contributed by atoms with Crippen LogP contribution in [0.3, 0.4) is 0 Å². The molecule has 0 N–H and O–H groups in total. The molecule has 1 aliphatic carbocycles. The summed E-state index contributed by atoms with van der Waals surface area (Å²) in [4.78, 5) is 16.7. The van der Waals surface area contributed by atoms with Crippen molar-refractivity contribution in [1.82, 2.24) is 9.80 Å². The van der Waals surface area contributed by atoms with Gasteiger partial charge in [-0.25, -0.2) is 4.39 Å². The van der Waals surface area contributed by atoms with E-state index in [4.69, 9.17) is 21.1 Å². The smallest absolute Gasteiger partial charge is 0.225 e. The Hall–Kier alpha value is -2.41. The zero-order valence-electron chi connectivity index (χ0n) is 25.0. The van der Waals surface area contributed by atoms with Crippen LogP contribution in [0.4, 0.5) is 4.39 Å². The second-order valence-corrected chi connectivity index (χ2v) is 12.2. The van der Waals surface area contributed by atoms with Gasteiger partial charge in [0.05, 0.1) is 19.1 Å². The van der Waals surface area contributed by atoms with Gasteiger partial charge in [-0.05, 0) is 85.5 Å². The topological polar surface area (TPSA) is 42.0 Å². The standard InChI is InChI=1S/C34H46ClFN2O3/c1-5-8-25-19-28(35)13-17-30(25)27-22-37(2)21-26-12-16-31(26)33(40-4)9-6-7-18-38(3)34(39)20-32(36)24-10-14-29(15-11-24)41-23-27/h6,9-11,13-15,17,19,26-27,31-33H,5,7-8,12,16,18,20-23H2,1-4H3/b9-6+.